The van der Waals surface area contributed by atoms with Gasteiger partial charge < -0.3 is 10.0 Å². The normalized spacial score (nSPS) is 15.2. The highest BCUT2D eigenvalue weighted by Crippen LogP contribution is 2.43. The standard InChI is InChI=1S/C8H7NS.CH2O2/c1-2-7-8-3-6(1)4-9(7)5-10-8;2-1-3/h1-3H,4-5H2;1H,(H,2,3). The van der Waals surface area contributed by atoms with E-state index in [1.54, 1.807) is 0 Å². The van der Waals surface area contributed by atoms with Gasteiger partial charge in [0.05, 0.1) is 11.6 Å². The van der Waals surface area contributed by atoms with Crippen molar-refractivity contribution < 1.29 is 9.90 Å². The average molecular weight is 195 g/mol. The van der Waals surface area contributed by atoms with Gasteiger partial charge in [-0.25, -0.2) is 0 Å². The molecule has 4 rings (SSSR count). The highest BCUT2D eigenvalue weighted by Gasteiger charge is 2.24. The van der Waals surface area contributed by atoms with Crippen LogP contribution in [0.5, 0.6) is 0 Å². The first-order valence-corrected chi connectivity index (χ1v) is 4.92. The minimum absolute atomic E-state index is 0.250. The second-order valence-electron chi connectivity index (χ2n) is 2.88. The Morgan fingerprint density at radius 2 is 2.31 bits per heavy atom. The van der Waals surface area contributed by atoms with Gasteiger partial charge in [0.1, 0.15) is 0 Å². The molecule has 0 unspecified atom stereocenters. The molecular formula is C9H9NO2S. The summed E-state index contributed by atoms with van der Waals surface area (Å²) in [6.07, 6.45) is 0. The Morgan fingerprint density at radius 1 is 1.54 bits per heavy atom. The Kier molecular flexibility index (Phi) is 2.14. The van der Waals surface area contributed by atoms with Gasteiger partial charge in [-0.1, -0.05) is 6.07 Å². The lowest BCUT2D eigenvalue weighted by Crippen LogP contribution is -2.20. The molecule has 1 aromatic carbocycles. The molecule has 4 heteroatoms. The van der Waals surface area contributed by atoms with E-state index in [1.165, 1.54) is 16.1 Å². The summed E-state index contributed by atoms with van der Waals surface area (Å²) >= 11 is 1.95. The third kappa shape index (κ3) is 1.37. The molecule has 0 saturated heterocycles. The van der Waals surface area contributed by atoms with Crippen LogP contribution in [0.15, 0.2) is 23.1 Å². The molecule has 0 aromatic heterocycles. The lowest BCUT2D eigenvalue weighted by atomic mass is 10.1. The van der Waals surface area contributed by atoms with Crippen molar-refractivity contribution in [1.82, 2.24) is 0 Å². The molecular weight excluding hydrogens is 186 g/mol. The molecule has 1 aromatic rings. The Morgan fingerprint density at radius 3 is 2.85 bits per heavy atom. The number of anilines is 1. The van der Waals surface area contributed by atoms with Gasteiger partial charge in [-0.15, -0.1) is 11.8 Å². The molecule has 3 heterocycles. The second kappa shape index (κ2) is 3.30. The summed E-state index contributed by atoms with van der Waals surface area (Å²) in [6, 6.07) is 6.76. The monoisotopic (exact) mass is 195 g/mol. The molecule has 3 nitrogen and oxygen atoms in total. The average Bonchev–Trinajstić information content (AvgIpc) is 2.44. The molecule has 4 bridgehead atoms. The fraction of sp³-hybridized carbons (Fsp3) is 0.222. The fourth-order valence-electron chi connectivity index (χ4n) is 1.60. The van der Waals surface area contributed by atoms with Crippen LogP contribution in [-0.2, 0) is 11.3 Å². The van der Waals surface area contributed by atoms with Gasteiger partial charge in [0.15, 0.2) is 0 Å². The molecule has 0 saturated carbocycles. The molecule has 0 spiro atoms. The van der Waals surface area contributed by atoms with Gasteiger partial charge in [-0.3, -0.25) is 4.79 Å². The third-order valence-electron chi connectivity index (χ3n) is 2.11. The van der Waals surface area contributed by atoms with Gasteiger partial charge in [0.25, 0.3) is 6.47 Å². The van der Waals surface area contributed by atoms with Crippen LogP contribution in [0.3, 0.4) is 0 Å². The number of hydrogen-bond acceptors (Lipinski definition) is 3. The van der Waals surface area contributed by atoms with Crippen molar-refractivity contribution in [3.05, 3.63) is 23.8 Å². The highest BCUT2D eigenvalue weighted by molar-refractivity contribution is 7.99. The number of benzene rings is 1. The van der Waals surface area contributed by atoms with E-state index < -0.39 is 0 Å². The number of rotatable bonds is 0. The van der Waals surface area contributed by atoms with Crippen LogP contribution in [0, 0.1) is 0 Å². The third-order valence-corrected chi connectivity index (χ3v) is 3.19. The van der Waals surface area contributed by atoms with Crippen LogP contribution >= 0.6 is 11.8 Å². The summed E-state index contributed by atoms with van der Waals surface area (Å²) in [5, 5.41) is 6.89. The van der Waals surface area contributed by atoms with Crippen LogP contribution in [0.4, 0.5) is 5.69 Å². The van der Waals surface area contributed by atoms with Gasteiger partial charge in [-0.2, -0.15) is 0 Å². The predicted octanol–water partition coefficient (Wildman–Crippen LogP) is 1.77. The molecule has 68 valence electrons. The van der Waals surface area contributed by atoms with Crippen molar-refractivity contribution in [3.63, 3.8) is 0 Å². The van der Waals surface area contributed by atoms with E-state index in [2.05, 4.69) is 23.1 Å². The molecule has 0 aliphatic carbocycles. The van der Waals surface area contributed by atoms with Crippen LogP contribution in [0.1, 0.15) is 5.56 Å². The van der Waals surface area contributed by atoms with E-state index in [0.29, 0.717) is 0 Å². The van der Waals surface area contributed by atoms with Crippen LogP contribution in [0.25, 0.3) is 0 Å². The molecule has 0 fully saturated rings. The van der Waals surface area contributed by atoms with Crippen molar-refractivity contribution in [2.45, 2.75) is 11.4 Å². The zero-order chi connectivity index (χ0) is 9.26. The van der Waals surface area contributed by atoms with Gasteiger partial charge in [0.2, 0.25) is 0 Å². The molecule has 0 radical (unpaired) electrons. The van der Waals surface area contributed by atoms with Crippen molar-refractivity contribution in [2.24, 2.45) is 0 Å². The summed E-state index contributed by atoms with van der Waals surface area (Å²) in [6.45, 7) is 0.891. The minimum Gasteiger partial charge on any atom is -0.483 e. The van der Waals surface area contributed by atoms with Crippen LogP contribution in [0.2, 0.25) is 0 Å². The molecule has 3 aliphatic rings. The van der Waals surface area contributed by atoms with E-state index in [4.69, 9.17) is 9.90 Å². The smallest absolute Gasteiger partial charge is 0.290 e. The number of carboxylic acid groups (broad SMARTS) is 1. The summed E-state index contributed by atoms with van der Waals surface area (Å²) in [4.78, 5) is 12.3. The highest BCUT2D eigenvalue weighted by atomic mass is 32.2. The fourth-order valence-corrected chi connectivity index (χ4v) is 2.71. The van der Waals surface area contributed by atoms with E-state index in [-0.39, 0.29) is 6.47 Å². The first kappa shape index (κ1) is 8.44. The van der Waals surface area contributed by atoms with Gasteiger partial charge in [0, 0.05) is 11.4 Å². The zero-order valence-corrected chi connectivity index (χ0v) is 7.75. The lowest BCUT2D eigenvalue weighted by molar-refractivity contribution is -0.122. The Labute approximate surface area is 80.4 Å². The number of fused-ring (bicyclic) bond motifs is 1. The largest absolute Gasteiger partial charge is 0.483 e. The number of carbonyl (C=O) groups is 1. The van der Waals surface area contributed by atoms with Crippen molar-refractivity contribution in [3.8, 4) is 0 Å². The molecule has 0 amide bonds. The first-order valence-electron chi connectivity index (χ1n) is 3.93. The number of hydrogen-bond donors (Lipinski definition) is 1. The minimum atomic E-state index is -0.250. The Balaban J connectivity index is 0.000000196. The Bertz CT molecular complexity index is 340. The van der Waals surface area contributed by atoms with E-state index >= 15 is 0 Å². The van der Waals surface area contributed by atoms with E-state index in [9.17, 15) is 0 Å². The summed E-state index contributed by atoms with van der Waals surface area (Å²) in [5.41, 5.74) is 2.91. The maximum absolute atomic E-state index is 8.36. The van der Waals surface area contributed by atoms with Gasteiger partial charge in [-0.05, 0) is 17.7 Å². The van der Waals surface area contributed by atoms with E-state index in [1.807, 2.05) is 11.8 Å². The topological polar surface area (TPSA) is 40.5 Å². The van der Waals surface area contributed by atoms with Crippen molar-refractivity contribution >= 4 is 23.9 Å². The summed E-state index contributed by atoms with van der Waals surface area (Å²) in [5.74, 6) is 1.16. The molecule has 0 atom stereocenters. The maximum Gasteiger partial charge on any atom is 0.290 e. The second-order valence-corrected chi connectivity index (χ2v) is 3.87. The van der Waals surface area contributed by atoms with Crippen molar-refractivity contribution in [2.75, 3.05) is 10.8 Å². The van der Waals surface area contributed by atoms with E-state index in [0.717, 1.165) is 12.4 Å². The van der Waals surface area contributed by atoms with Crippen LogP contribution in [-0.4, -0.2) is 17.5 Å². The van der Waals surface area contributed by atoms with Gasteiger partial charge >= 0.3 is 0 Å². The predicted molar refractivity (Wildman–Crippen MR) is 52.0 cm³/mol. The summed E-state index contributed by atoms with van der Waals surface area (Å²) in [7, 11) is 0. The SMILES string of the molecule is O=CO.c1cc2c3cc1CN2CS3. The Hall–Kier alpha value is -1.16. The maximum atomic E-state index is 8.36. The molecule has 13 heavy (non-hydrogen) atoms. The summed E-state index contributed by atoms with van der Waals surface area (Å²) < 4.78 is 0. The first-order chi connectivity index (χ1) is 6.35. The molecule has 1 N–H and O–H groups in total. The number of thioether (sulfide) groups is 1. The lowest BCUT2D eigenvalue weighted by Gasteiger charge is -2.23. The van der Waals surface area contributed by atoms with Crippen LogP contribution < -0.4 is 4.90 Å². The zero-order valence-electron chi connectivity index (χ0n) is 6.93. The molecule has 3 aliphatic heterocycles. The van der Waals surface area contributed by atoms with Crippen molar-refractivity contribution in [1.29, 1.82) is 0 Å². The number of nitrogens with zero attached hydrogens (tertiary/aromatic N) is 1. The quantitative estimate of drug-likeness (QED) is 0.640.